The number of aliphatic hydroxyl groups excluding tert-OH is 1. The largest absolute Gasteiger partial charge is 0.477 e. The summed E-state index contributed by atoms with van der Waals surface area (Å²) >= 11 is 0. The first-order chi connectivity index (χ1) is 8.54. The fourth-order valence-corrected chi connectivity index (χ4v) is 3.82. The molecule has 0 aromatic carbocycles. The van der Waals surface area contributed by atoms with Gasteiger partial charge < -0.3 is 15.1 Å². The van der Waals surface area contributed by atoms with Gasteiger partial charge >= 0.3 is 5.97 Å². The van der Waals surface area contributed by atoms with E-state index in [9.17, 15) is 19.8 Å². The number of aliphatic carboxylic acids is 1. The van der Waals surface area contributed by atoms with Gasteiger partial charge in [0.2, 0.25) is 5.91 Å². The monoisotopic (exact) mass is 251 g/mol. The Kier molecular flexibility index (Phi) is 2.48. The van der Waals surface area contributed by atoms with E-state index in [2.05, 4.69) is 0 Å². The van der Waals surface area contributed by atoms with Gasteiger partial charge in [-0.2, -0.15) is 0 Å². The zero-order valence-corrected chi connectivity index (χ0v) is 10.3. The highest BCUT2D eigenvalue weighted by Gasteiger charge is 2.60. The van der Waals surface area contributed by atoms with Gasteiger partial charge in [-0.25, -0.2) is 4.79 Å². The van der Waals surface area contributed by atoms with E-state index >= 15 is 0 Å². The van der Waals surface area contributed by atoms with Crippen molar-refractivity contribution < 1.29 is 19.8 Å². The number of hydrogen-bond donors (Lipinski definition) is 2. The molecule has 5 nitrogen and oxygen atoms in total. The summed E-state index contributed by atoms with van der Waals surface area (Å²) in [7, 11) is 0. The lowest BCUT2D eigenvalue weighted by Crippen LogP contribution is -2.63. The van der Waals surface area contributed by atoms with Crippen molar-refractivity contribution in [1.29, 1.82) is 0 Å². The van der Waals surface area contributed by atoms with E-state index in [4.69, 9.17) is 0 Å². The van der Waals surface area contributed by atoms with Crippen LogP contribution in [0.2, 0.25) is 0 Å². The van der Waals surface area contributed by atoms with E-state index in [0.717, 1.165) is 31.3 Å². The van der Waals surface area contributed by atoms with E-state index in [-0.39, 0.29) is 23.6 Å². The third-order valence-corrected chi connectivity index (χ3v) is 4.53. The second kappa shape index (κ2) is 3.82. The number of carboxylic acid groups (broad SMARTS) is 1. The SMILES string of the molecule is CC(O)[C@H]1C(=O)N2C(C(=O)O)=C3CCCC[C@H]3[C@H]12. The molecule has 1 unspecified atom stereocenters. The van der Waals surface area contributed by atoms with Gasteiger partial charge in [-0.1, -0.05) is 6.42 Å². The number of amides is 1. The molecule has 18 heavy (non-hydrogen) atoms. The van der Waals surface area contributed by atoms with Gasteiger partial charge in [-0.05, 0) is 31.8 Å². The second-order valence-corrected chi connectivity index (χ2v) is 5.50. The predicted octanol–water partition coefficient (Wildman–Crippen LogP) is 0.737. The van der Waals surface area contributed by atoms with Crippen LogP contribution in [0, 0.1) is 11.8 Å². The number of carbonyl (C=O) groups excluding carboxylic acids is 1. The number of carbonyl (C=O) groups is 2. The van der Waals surface area contributed by atoms with Crippen LogP contribution in [0.1, 0.15) is 32.6 Å². The Morgan fingerprint density at radius 1 is 1.44 bits per heavy atom. The van der Waals surface area contributed by atoms with Crippen LogP contribution in [0.3, 0.4) is 0 Å². The number of nitrogens with zero attached hydrogens (tertiary/aromatic N) is 1. The molecule has 3 aliphatic rings. The minimum atomic E-state index is -1.00. The number of β-lactam (4-membered cyclic amide) rings is 1. The van der Waals surface area contributed by atoms with Crippen LogP contribution in [-0.2, 0) is 9.59 Å². The average Bonchev–Trinajstić information content (AvgIpc) is 2.60. The average molecular weight is 251 g/mol. The highest BCUT2D eigenvalue weighted by Crippen LogP contribution is 2.51. The van der Waals surface area contributed by atoms with Gasteiger partial charge in [0, 0.05) is 5.92 Å². The van der Waals surface area contributed by atoms with Gasteiger partial charge in [0.1, 0.15) is 5.70 Å². The Bertz CT molecular complexity index is 454. The maximum atomic E-state index is 12.0. The zero-order chi connectivity index (χ0) is 13.0. The Hall–Kier alpha value is -1.36. The highest BCUT2D eigenvalue weighted by molar-refractivity contribution is 6.00. The molecule has 1 amide bonds. The molecule has 0 aromatic heterocycles. The first-order valence-corrected chi connectivity index (χ1v) is 6.51. The molecule has 2 aliphatic heterocycles. The normalized spacial score (nSPS) is 36.0. The lowest BCUT2D eigenvalue weighted by Gasteiger charge is -2.47. The predicted molar refractivity (Wildman–Crippen MR) is 62.4 cm³/mol. The maximum absolute atomic E-state index is 12.0. The fourth-order valence-electron chi connectivity index (χ4n) is 3.82. The first kappa shape index (κ1) is 11.7. The molecule has 5 heteroatoms. The Labute approximate surface area is 105 Å². The van der Waals surface area contributed by atoms with Crippen molar-refractivity contribution in [2.45, 2.75) is 44.8 Å². The van der Waals surface area contributed by atoms with Gasteiger partial charge in [-0.15, -0.1) is 0 Å². The number of hydrogen-bond acceptors (Lipinski definition) is 3. The van der Waals surface area contributed by atoms with Crippen LogP contribution >= 0.6 is 0 Å². The standard InChI is InChI=1S/C13H17NO4/c1-6(15)9-10-7-4-2-3-5-8(7)11(13(17)18)14(10)12(9)16/h6-7,9-10,15H,2-5H2,1H3,(H,17,18)/t6?,7-,9-,10-/m1/s1. The highest BCUT2D eigenvalue weighted by atomic mass is 16.4. The molecule has 0 bridgehead atoms. The van der Waals surface area contributed by atoms with E-state index in [1.165, 1.54) is 4.90 Å². The van der Waals surface area contributed by atoms with Gasteiger partial charge in [0.25, 0.3) is 0 Å². The van der Waals surface area contributed by atoms with Crippen molar-refractivity contribution in [2.24, 2.45) is 11.8 Å². The molecule has 0 spiro atoms. The molecule has 0 aromatic rings. The fraction of sp³-hybridized carbons (Fsp3) is 0.692. The second-order valence-electron chi connectivity index (χ2n) is 5.50. The van der Waals surface area contributed by atoms with E-state index in [1.54, 1.807) is 6.92 Å². The smallest absolute Gasteiger partial charge is 0.352 e. The third kappa shape index (κ3) is 1.31. The van der Waals surface area contributed by atoms with Crippen LogP contribution in [0.5, 0.6) is 0 Å². The molecule has 3 rings (SSSR count). The van der Waals surface area contributed by atoms with Crippen molar-refractivity contribution in [3.05, 3.63) is 11.3 Å². The zero-order valence-electron chi connectivity index (χ0n) is 10.3. The van der Waals surface area contributed by atoms with E-state index in [1.807, 2.05) is 0 Å². The lowest BCUT2D eigenvalue weighted by molar-refractivity contribution is -0.163. The number of carboxylic acids is 1. The molecule has 98 valence electrons. The molecule has 1 saturated heterocycles. The molecule has 2 fully saturated rings. The molecular formula is C13H17NO4. The summed E-state index contributed by atoms with van der Waals surface area (Å²) in [6, 6.07) is -0.112. The number of rotatable bonds is 2. The van der Waals surface area contributed by atoms with Crippen LogP contribution in [-0.4, -0.2) is 39.1 Å². The molecule has 1 aliphatic carbocycles. The van der Waals surface area contributed by atoms with Crippen molar-refractivity contribution in [2.75, 3.05) is 0 Å². The van der Waals surface area contributed by atoms with E-state index < -0.39 is 18.0 Å². The minimum absolute atomic E-state index is 0.112. The topological polar surface area (TPSA) is 77.8 Å². The summed E-state index contributed by atoms with van der Waals surface area (Å²) in [5, 5.41) is 19.0. The molecule has 4 atom stereocenters. The van der Waals surface area contributed by atoms with Crippen LogP contribution in [0.4, 0.5) is 0 Å². The summed E-state index contributed by atoms with van der Waals surface area (Å²) < 4.78 is 0. The Morgan fingerprint density at radius 2 is 2.17 bits per heavy atom. The lowest BCUT2D eigenvalue weighted by atomic mass is 9.72. The summed E-state index contributed by atoms with van der Waals surface area (Å²) in [5.74, 6) is -1.49. The van der Waals surface area contributed by atoms with Crippen LogP contribution in [0.25, 0.3) is 0 Å². The van der Waals surface area contributed by atoms with Gasteiger partial charge in [0.05, 0.1) is 18.1 Å². The number of fused-ring (bicyclic) bond motifs is 3. The Morgan fingerprint density at radius 3 is 2.78 bits per heavy atom. The van der Waals surface area contributed by atoms with E-state index in [0.29, 0.717) is 0 Å². The van der Waals surface area contributed by atoms with Crippen molar-refractivity contribution >= 4 is 11.9 Å². The van der Waals surface area contributed by atoms with Gasteiger partial charge in [0.15, 0.2) is 0 Å². The molecular weight excluding hydrogens is 234 g/mol. The van der Waals surface area contributed by atoms with Crippen molar-refractivity contribution in [1.82, 2.24) is 4.90 Å². The van der Waals surface area contributed by atoms with Gasteiger partial charge in [-0.3, -0.25) is 4.79 Å². The van der Waals surface area contributed by atoms with Crippen molar-refractivity contribution in [3.8, 4) is 0 Å². The van der Waals surface area contributed by atoms with Crippen LogP contribution < -0.4 is 0 Å². The quantitative estimate of drug-likeness (QED) is 0.709. The van der Waals surface area contributed by atoms with Crippen LogP contribution in [0.15, 0.2) is 11.3 Å². The Balaban J connectivity index is 2.00. The molecule has 1 saturated carbocycles. The molecule has 2 heterocycles. The molecule has 2 N–H and O–H groups in total. The summed E-state index contributed by atoms with van der Waals surface area (Å²) in [5.41, 5.74) is 1.13. The number of aliphatic hydroxyl groups is 1. The minimum Gasteiger partial charge on any atom is -0.477 e. The summed E-state index contributed by atoms with van der Waals surface area (Å²) in [6.45, 7) is 1.61. The maximum Gasteiger partial charge on any atom is 0.352 e. The summed E-state index contributed by atoms with van der Waals surface area (Å²) in [6.07, 6.45) is 3.08. The first-order valence-electron chi connectivity index (χ1n) is 6.51. The third-order valence-electron chi connectivity index (χ3n) is 4.53. The summed E-state index contributed by atoms with van der Waals surface area (Å²) in [4.78, 5) is 24.8. The van der Waals surface area contributed by atoms with Crippen molar-refractivity contribution in [3.63, 3.8) is 0 Å². The molecule has 0 radical (unpaired) electrons.